The largest absolute Gasteiger partial charge is 0.525 e. The average molecular weight is 614 g/mol. The molecule has 220 valence electrons. The fourth-order valence-electron chi connectivity index (χ4n) is 4.54. The van der Waals surface area contributed by atoms with E-state index in [-0.39, 0.29) is 24.8 Å². The molecular weight excluding hydrogens is 584 g/mol. The Morgan fingerprint density at radius 1 is 1.21 bits per heavy atom. The first-order chi connectivity index (χ1) is 20.4. The van der Waals surface area contributed by atoms with Gasteiger partial charge in [-0.25, -0.2) is 4.79 Å². The van der Waals surface area contributed by atoms with E-state index in [1.54, 1.807) is 48.7 Å². The van der Waals surface area contributed by atoms with Crippen LogP contribution in [0.5, 0.6) is 0 Å². The average Bonchev–Trinajstić information content (AvgIpc) is 3.47. The summed E-state index contributed by atoms with van der Waals surface area (Å²) in [5, 5.41) is 29.8. The monoisotopic (exact) mass is 613 g/mol. The van der Waals surface area contributed by atoms with Gasteiger partial charge in [-0.3, -0.25) is 14.5 Å². The van der Waals surface area contributed by atoms with Crippen molar-refractivity contribution in [1.82, 2.24) is 40.8 Å². The predicted octanol–water partition coefficient (Wildman–Crippen LogP) is 1.77. The lowest BCUT2D eigenvalue weighted by Crippen LogP contribution is -2.74. The van der Waals surface area contributed by atoms with E-state index in [0.717, 1.165) is 18.4 Å². The van der Waals surface area contributed by atoms with Gasteiger partial charge in [0.05, 0.1) is 12.5 Å². The van der Waals surface area contributed by atoms with Crippen molar-refractivity contribution in [2.75, 3.05) is 24.7 Å². The number of amides is 3. The van der Waals surface area contributed by atoms with Gasteiger partial charge in [0.25, 0.3) is 5.91 Å². The van der Waals surface area contributed by atoms with Crippen LogP contribution in [0.25, 0.3) is 5.65 Å². The van der Waals surface area contributed by atoms with Gasteiger partial charge in [-0.1, -0.05) is 55.4 Å². The molecule has 3 unspecified atom stereocenters. The molecule has 0 aliphatic carbocycles. The molecule has 3 aromatic rings. The minimum absolute atomic E-state index is 0.0491. The number of hydrogen-bond acceptors (Lipinski definition) is 10. The minimum Gasteiger partial charge on any atom is -0.450 e. The second kappa shape index (κ2) is 13.2. The lowest BCUT2D eigenvalue weighted by molar-refractivity contribution is -0.145. The molecule has 1 saturated heterocycles. The molecular formula is C26H29N8O6S2+. The number of nitrogens with one attached hydrogen (secondary N) is 2. The summed E-state index contributed by atoms with van der Waals surface area (Å²) >= 11 is 1.38. The van der Waals surface area contributed by atoms with Crippen molar-refractivity contribution in [3.63, 3.8) is 0 Å². The van der Waals surface area contributed by atoms with Gasteiger partial charge >= 0.3 is 11.4 Å². The molecule has 42 heavy (non-hydrogen) atoms. The number of tetrazole rings is 1. The zero-order valence-corrected chi connectivity index (χ0v) is 24.2. The van der Waals surface area contributed by atoms with Crippen LogP contribution in [0.2, 0.25) is 0 Å². The minimum atomic E-state index is -1.25. The molecule has 0 saturated carbocycles. The normalized spacial score (nSPS) is 20.2. The fraction of sp³-hybridized carbons (Fsp3) is 0.385. The number of carboxylic acid groups (broad SMARTS) is 1. The van der Waals surface area contributed by atoms with Crippen LogP contribution < -0.4 is 10.6 Å². The van der Waals surface area contributed by atoms with E-state index in [1.165, 1.54) is 21.3 Å². The quantitative estimate of drug-likeness (QED) is 0.124. The summed E-state index contributed by atoms with van der Waals surface area (Å²) < 4.78 is 6.44. The number of β-lactam (4-membered cyclic amide) rings is 1. The van der Waals surface area contributed by atoms with Gasteiger partial charge < -0.3 is 20.5 Å². The van der Waals surface area contributed by atoms with Crippen molar-refractivity contribution >= 4 is 51.5 Å². The summed E-state index contributed by atoms with van der Waals surface area (Å²) in [7, 11) is -1.25. The molecule has 1 aromatic carbocycles. The van der Waals surface area contributed by atoms with Crippen molar-refractivity contribution in [1.29, 1.82) is 0 Å². The number of carbonyl (C=O) groups excluding carboxylic acids is 3. The molecule has 3 amide bonds. The van der Waals surface area contributed by atoms with Crippen LogP contribution in [0.15, 0.2) is 59.3 Å². The first kappa shape index (κ1) is 29.3. The Morgan fingerprint density at radius 2 is 2.02 bits per heavy atom. The molecule has 2 aliphatic heterocycles. The maximum absolute atomic E-state index is 13.5. The number of fused-ring (bicyclic) bond motifs is 2. The molecule has 4 heterocycles. The Balaban J connectivity index is 1.25. The van der Waals surface area contributed by atoms with Crippen LogP contribution in [-0.2, 0) is 25.2 Å². The summed E-state index contributed by atoms with van der Waals surface area (Å²) in [4.78, 5) is 52.4. The summed E-state index contributed by atoms with van der Waals surface area (Å²) in [5.41, 5.74) is 1.91. The highest BCUT2D eigenvalue weighted by Crippen LogP contribution is 2.35. The van der Waals surface area contributed by atoms with Crippen molar-refractivity contribution in [2.45, 2.75) is 42.1 Å². The van der Waals surface area contributed by atoms with Crippen molar-refractivity contribution in [3.8, 4) is 0 Å². The zero-order valence-electron chi connectivity index (χ0n) is 22.6. The molecule has 0 bridgehead atoms. The maximum atomic E-state index is 13.5. The highest BCUT2D eigenvalue weighted by Gasteiger charge is 2.63. The van der Waals surface area contributed by atoms with Crippen LogP contribution in [0.3, 0.4) is 0 Å². The number of aromatic nitrogens is 5. The third kappa shape index (κ3) is 6.49. The summed E-state index contributed by atoms with van der Waals surface area (Å²) in [6, 6.07) is 11.4. The molecule has 1 fully saturated rings. The molecule has 2 aliphatic rings. The molecule has 2 aromatic heterocycles. The third-order valence-electron chi connectivity index (χ3n) is 6.71. The number of unbranched alkanes of at least 4 members (excludes halogenated alkanes) is 1. The van der Waals surface area contributed by atoms with Crippen LogP contribution in [0.4, 0.5) is 9.59 Å². The molecule has 16 heteroatoms. The number of carbonyl (C=O) groups is 4. The smallest absolute Gasteiger partial charge is 0.450 e. The number of nitrogens with zero attached hydrogens (tertiary/aromatic N) is 6. The molecule has 0 radical (unpaired) electrons. The number of rotatable bonds is 11. The Labute approximate surface area is 247 Å². The van der Waals surface area contributed by atoms with Crippen molar-refractivity contribution in [2.24, 2.45) is 0 Å². The lowest BCUT2D eigenvalue weighted by atomic mass is 9.96. The SMILES string of the molecule is CCCCOC(=O)NCC(C(=O)NC1C(=O)N2C=C(CSc3ccc4nnnn4n3)C[S+](C(=O)O)[C@H]12)c1ccccc1. The van der Waals surface area contributed by atoms with E-state index >= 15 is 0 Å². The van der Waals surface area contributed by atoms with Crippen LogP contribution >= 0.6 is 11.8 Å². The van der Waals surface area contributed by atoms with Gasteiger partial charge in [0.15, 0.2) is 11.7 Å². The maximum Gasteiger partial charge on any atom is 0.525 e. The van der Waals surface area contributed by atoms with E-state index in [1.807, 2.05) is 6.92 Å². The summed E-state index contributed by atoms with van der Waals surface area (Å²) in [6.07, 6.45) is 2.64. The molecule has 0 spiro atoms. The Morgan fingerprint density at radius 3 is 2.79 bits per heavy atom. The first-order valence-electron chi connectivity index (χ1n) is 13.2. The fourth-order valence-corrected chi connectivity index (χ4v) is 7.51. The highest BCUT2D eigenvalue weighted by atomic mass is 32.2. The second-order valence-electron chi connectivity index (χ2n) is 9.57. The second-order valence-corrected chi connectivity index (χ2v) is 12.5. The topological polar surface area (TPSA) is 181 Å². The van der Waals surface area contributed by atoms with Gasteiger partial charge in [-0.2, -0.15) is 4.79 Å². The van der Waals surface area contributed by atoms with E-state index < -0.39 is 45.5 Å². The summed E-state index contributed by atoms with van der Waals surface area (Å²) in [5.74, 6) is -1.03. The number of benzene rings is 1. The molecule has 5 rings (SSSR count). The van der Waals surface area contributed by atoms with Crippen molar-refractivity contribution < 1.29 is 29.0 Å². The Bertz CT molecular complexity index is 1500. The van der Waals surface area contributed by atoms with Gasteiger partial charge in [-0.15, -0.1) is 14.8 Å². The Hall–Kier alpha value is -4.18. The van der Waals surface area contributed by atoms with Crippen LogP contribution in [-0.4, -0.2) is 94.5 Å². The number of thioether (sulfide) groups is 1. The van der Waals surface area contributed by atoms with Gasteiger partial charge in [-0.05, 0) is 34.5 Å². The molecule has 4 atom stereocenters. The van der Waals surface area contributed by atoms with E-state index in [0.29, 0.717) is 22.0 Å². The van der Waals surface area contributed by atoms with Crippen LogP contribution in [0.1, 0.15) is 31.2 Å². The Kier molecular flexibility index (Phi) is 9.22. The molecule has 3 N–H and O–H groups in total. The van der Waals surface area contributed by atoms with Crippen molar-refractivity contribution in [3.05, 3.63) is 59.8 Å². The number of hydrogen-bond donors (Lipinski definition) is 3. The van der Waals surface area contributed by atoms with Gasteiger partial charge in [0.2, 0.25) is 11.3 Å². The molecule has 14 nitrogen and oxygen atoms in total. The lowest BCUT2D eigenvalue weighted by Gasteiger charge is -2.44. The van der Waals surface area contributed by atoms with Gasteiger partial charge in [0, 0.05) is 24.1 Å². The highest BCUT2D eigenvalue weighted by molar-refractivity contribution is 8.11. The first-order valence-corrected chi connectivity index (χ1v) is 15.7. The third-order valence-corrected chi connectivity index (χ3v) is 9.95. The zero-order chi connectivity index (χ0) is 29.6. The summed E-state index contributed by atoms with van der Waals surface area (Å²) in [6.45, 7) is 2.20. The predicted molar refractivity (Wildman–Crippen MR) is 154 cm³/mol. The van der Waals surface area contributed by atoms with E-state index in [2.05, 4.69) is 31.3 Å². The number of ether oxygens (including phenoxy) is 1. The standard InChI is InChI=1S/C26H28N8O6S2/c1-2-3-11-40-25(37)27-12-18(17-7-5-4-6-8-17)22(35)28-21-23(36)33-13-16(15-42(24(21)33)26(38)39)14-41-20-10-9-19-29-31-32-34(19)30-20/h4-10,13,18,21,24H,2-3,11-12,14-15H2,1H3,(H2-,27,28,35,37,38,39)/p+1/t18?,21?,24-,42?/m1/s1. The van der Waals surface area contributed by atoms with E-state index in [4.69, 9.17) is 4.74 Å². The van der Waals surface area contributed by atoms with Gasteiger partial charge in [0.1, 0.15) is 21.7 Å². The number of alkyl carbamates (subject to hydrolysis) is 1. The van der Waals surface area contributed by atoms with Crippen LogP contribution in [0, 0.1) is 0 Å². The van der Waals surface area contributed by atoms with E-state index in [9.17, 15) is 24.3 Å².